The predicted octanol–water partition coefficient (Wildman–Crippen LogP) is 3.90. The number of carbonyl (C=O) groups is 1. The van der Waals surface area contributed by atoms with Crippen LogP contribution in [-0.2, 0) is 11.3 Å². The molecule has 0 aliphatic carbocycles. The summed E-state index contributed by atoms with van der Waals surface area (Å²) in [6.45, 7) is 4.39. The molecule has 0 unspecified atom stereocenters. The number of anilines is 1. The molecule has 2 aliphatic heterocycles. The number of hydrogen-bond donors (Lipinski definition) is 1. The second kappa shape index (κ2) is 9.38. The minimum absolute atomic E-state index is 0.120. The number of benzene rings is 1. The number of nitrogen functional groups attached to an aromatic ring is 1. The van der Waals surface area contributed by atoms with Crippen LogP contribution in [0.5, 0.6) is 11.5 Å². The SMILES string of the molecule is C[CH]C(=O)N1CCC(CCn2c(Sc3cc4c(cc3Br)OCO4)nc3c(N)ncnc32)CC1. The van der Waals surface area contributed by atoms with Crippen LogP contribution in [0.2, 0.25) is 0 Å². The van der Waals surface area contributed by atoms with Gasteiger partial charge in [-0.3, -0.25) is 4.79 Å². The maximum Gasteiger partial charge on any atom is 0.231 e. The summed E-state index contributed by atoms with van der Waals surface area (Å²) in [5.41, 5.74) is 7.45. The average Bonchev–Trinajstić information content (AvgIpc) is 3.42. The lowest BCUT2D eigenvalue weighted by Gasteiger charge is -2.32. The Labute approximate surface area is 204 Å². The zero-order chi connectivity index (χ0) is 22.9. The zero-order valence-electron chi connectivity index (χ0n) is 18.2. The number of nitrogens with two attached hydrogens (primary N) is 1. The molecule has 1 amide bonds. The molecule has 4 heterocycles. The Morgan fingerprint density at radius 1 is 1.27 bits per heavy atom. The van der Waals surface area contributed by atoms with E-state index in [0.717, 1.165) is 64.8 Å². The average molecular weight is 532 g/mol. The second-order valence-electron chi connectivity index (χ2n) is 8.06. The van der Waals surface area contributed by atoms with E-state index in [2.05, 4.69) is 30.5 Å². The first kappa shape index (κ1) is 22.3. The third-order valence-electron chi connectivity index (χ3n) is 6.09. The summed E-state index contributed by atoms with van der Waals surface area (Å²) in [6.07, 6.45) is 6.09. The molecule has 5 rings (SSSR count). The Kier molecular flexibility index (Phi) is 6.33. The molecule has 1 saturated heterocycles. The number of imidazole rings is 1. The number of fused-ring (bicyclic) bond motifs is 2. The standard InChI is InChI=1S/C22H24BrN6O3S/c1-2-18(30)28-6-3-13(4-7-28)5-8-29-21-19(20(24)25-11-26-21)27-22(29)33-17-10-16-15(9-14(17)23)31-12-32-16/h2,9-11,13H,3-8,12H2,1H3,(H2,24,25,26). The summed E-state index contributed by atoms with van der Waals surface area (Å²) in [5, 5.41) is 0.796. The zero-order valence-corrected chi connectivity index (χ0v) is 20.6. The molecule has 2 N–H and O–H groups in total. The van der Waals surface area contributed by atoms with E-state index in [1.165, 1.54) is 18.1 Å². The molecule has 1 fully saturated rings. The first-order valence-corrected chi connectivity index (χ1v) is 12.5. The van der Waals surface area contributed by atoms with Gasteiger partial charge in [-0.1, -0.05) is 18.7 Å². The van der Waals surface area contributed by atoms with Crippen molar-refractivity contribution >= 4 is 50.6 Å². The molecule has 11 heteroatoms. The highest BCUT2D eigenvalue weighted by Crippen LogP contribution is 2.43. The molecule has 0 saturated carbocycles. The number of aryl methyl sites for hydroxylation is 1. The van der Waals surface area contributed by atoms with E-state index in [1.54, 1.807) is 13.3 Å². The molecular weight excluding hydrogens is 508 g/mol. The molecule has 0 spiro atoms. The maximum atomic E-state index is 11.9. The minimum Gasteiger partial charge on any atom is -0.454 e. The molecule has 0 atom stereocenters. The molecular formula is C22H24BrN6O3S. The van der Waals surface area contributed by atoms with Gasteiger partial charge in [-0.25, -0.2) is 15.0 Å². The molecule has 2 aromatic heterocycles. The lowest BCUT2D eigenvalue weighted by molar-refractivity contribution is -0.128. The Balaban J connectivity index is 1.38. The van der Waals surface area contributed by atoms with Crippen LogP contribution in [0.15, 0.2) is 33.0 Å². The largest absolute Gasteiger partial charge is 0.454 e. The number of ether oxygens (including phenoxy) is 2. The van der Waals surface area contributed by atoms with E-state index in [0.29, 0.717) is 23.0 Å². The fourth-order valence-corrected chi connectivity index (χ4v) is 5.73. The molecule has 3 aromatic rings. The second-order valence-corrected chi connectivity index (χ2v) is 9.92. The van der Waals surface area contributed by atoms with Gasteiger partial charge >= 0.3 is 0 Å². The Hall–Kier alpha value is -2.53. The van der Waals surface area contributed by atoms with Crippen molar-refractivity contribution in [3.63, 3.8) is 0 Å². The number of halogens is 1. The van der Waals surface area contributed by atoms with Crippen molar-refractivity contribution in [3.05, 3.63) is 29.4 Å². The first-order valence-electron chi connectivity index (χ1n) is 10.9. The summed E-state index contributed by atoms with van der Waals surface area (Å²) in [7, 11) is 0. The quantitative estimate of drug-likeness (QED) is 0.509. The Morgan fingerprint density at radius 3 is 2.79 bits per heavy atom. The number of rotatable bonds is 6. The Morgan fingerprint density at radius 2 is 2.03 bits per heavy atom. The van der Waals surface area contributed by atoms with Gasteiger partial charge in [-0.05, 0) is 53.2 Å². The van der Waals surface area contributed by atoms with E-state index in [-0.39, 0.29) is 12.7 Å². The van der Waals surface area contributed by atoms with Crippen molar-refractivity contribution in [1.82, 2.24) is 24.4 Å². The molecule has 33 heavy (non-hydrogen) atoms. The van der Waals surface area contributed by atoms with Crippen molar-refractivity contribution in [1.29, 1.82) is 0 Å². The normalized spacial score (nSPS) is 16.0. The topological polar surface area (TPSA) is 108 Å². The third-order valence-corrected chi connectivity index (χ3v) is 8.06. The number of hydrogen-bond acceptors (Lipinski definition) is 8. The third kappa shape index (κ3) is 4.48. The van der Waals surface area contributed by atoms with Gasteiger partial charge in [0.15, 0.2) is 33.6 Å². The van der Waals surface area contributed by atoms with Crippen molar-refractivity contribution < 1.29 is 14.3 Å². The van der Waals surface area contributed by atoms with Crippen LogP contribution in [-0.4, -0.2) is 50.2 Å². The molecule has 173 valence electrons. The van der Waals surface area contributed by atoms with Gasteiger partial charge < -0.3 is 24.7 Å². The van der Waals surface area contributed by atoms with Gasteiger partial charge in [0.05, 0.1) is 0 Å². The number of amides is 1. The van der Waals surface area contributed by atoms with E-state index >= 15 is 0 Å². The van der Waals surface area contributed by atoms with Crippen molar-refractivity contribution in [2.24, 2.45) is 5.92 Å². The van der Waals surface area contributed by atoms with E-state index in [9.17, 15) is 4.79 Å². The van der Waals surface area contributed by atoms with Crippen molar-refractivity contribution in [2.45, 2.75) is 42.8 Å². The highest BCUT2D eigenvalue weighted by atomic mass is 79.9. The van der Waals surface area contributed by atoms with Crippen LogP contribution in [0.1, 0.15) is 26.2 Å². The van der Waals surface area contributed by atoms with E-state index in [4.69, 9.17) is 20.2 Å². The van der Waals surface area contributed by atoms with Crippen molar-refractivity contribution in [2.75, 3.05) is 25.6 Å². The summed E-state index contributed by atoms with van der Waals surface area (Å²) >= 11 is 5.16. The number of likely N-dealkylation sites (tertiary alicyclic amines) is 1. The van der Waals surface area contributed by atoms with Gasteiger partial charge in [0.1, 0.15) is 6.33 Å². The summed E-state index contributed by atoms with van der Waals surface area (Å²) in [4.78, 5) is 28.2. The Bertz CT molecular complexity index is 1190. The highest BCUT2D eigenvalue weighted by Gasteiger charge is 2.24. The fourth-order valence-electron chi connectivity index (χ4n) is 4.22. The van der Waals surface area contributed by atoms with Gasteiger partial charge in [0, 0.05) is 35.4 Å². The predicted molar refractivity (Wildman–Crippen MR) is 128 cm³/mol. The van der Waals surface area contributed by atoms with Crippen molar-refractivity contribution in [3.8, 4) is 11.5 Å². The lowest BCUT2D eigenvalue weighted by Crippen LogP contribution is -2.38. The summed E-state index contributed by atoms with van der Waals surface area (Å²) in [6, 6.07) is 3.86. The van der Waals surface area contributed by atoms with Crippen LogP contribution in [0.4, 0.5) is 5.82 Å². The smallest absolute Gasteiger partial charge is 0.231 e. The number of piperidine rings is 1. The maximum absolute atomic E-state index is 11.9. The highest BCUT2D eigenvalue weighted by molar-refractivity contribution is 9.10. The molecule has 1 radical (unpaired) electrons. The molecule has 1 aromatic carbocycles. The van der Waals surface area contributed by atoms with Crippen LogP contribution in [0, 0.1) is 12.3 Å². The van der Waals surface area contributed by atoms with Gasteiger partial charge in [-0.15, -0.1) is 0 Å². The van der Waals surface area contributed by atoms with Crippen LogP contribution < -0.4 is 15.2 Å². The molecule has 0 bridgehead atoms. The van der Waals surface area contributed by atoms with E-state index < -0.39 is 0 Å². The molecule has 9 nitrogen and oxygen atoms in total. The lowest BCUT2D eigenvalue weighted by atomic mass is 9.93. The number of nitrogens with zero attached hydrogens (tertiary/aromatic N) is 5. The van der Waals surface area contributed by atoms with Gasteiger partial charge in [0.2, 0.25) is 12.7 Å². The minimum atomic E-state index is 0.120. The first-order chi connectivity index (χ1) is 16.0. The van der Waals surface area contributed by atoms with Gasteiger partial charge in [-0.2, -0.15) is 0 Å². The monoisotopic (exact) mass is 531 g/mol. The van der Waals surface area contributed by atoms with Crippen LogP contribution in [0.3, 0.4) is 0 Å². The summed E-state index contributed by atoms with van der Waals surface area (Å²) < 4.78 is 14.0. The fraction of sp³-hybridized carbons (Fsp3) is 0.409. The van der Waals surface area contributed by atoms with Gasteiger partial charge in [0.25, 0.3) is 0 Å². The van der Waals surface area contributed by atoms with Crippen LogP contribution >= 0.6 is 27.7 Å². The molecule has 2 aliphatic rings. The van der Waals surface area contributed by atoms with Crippen LogP contribution in [0.25, 0.3) is 11.2 Å². The number of aromatic nitrogens is 4. The van der Waals surface area contributed by atoms with E-state index in [1.807, 2.05) is 17.0 Å². The number of carbonyl (C=O) groups excluding carboxylic acids is 1. The summed E-state index contributed by atoms with van der Waals surface area (Å²) in [5.74, 6) is 2.47.